The largest absolute Gasteiger partial charge is 0.497 e. The van der Waals surface area contributed by atoms with Gasteiger partial charge in [0.1, 0.15) is 17.3 Å². The molecule has 1 amide bonds. The molecule has 24 heavy (non-hydrogen) atoms. The Kier molecular flexibility index (Phi) is 4.93. The Labute approximate surface area is 141 Å². The molecule has 1 saturated heterocycles. The third-order valence-corrected chi connectivity index (χ3v) is 4.14. The van der Waals surface area contributed by atoms with Gasteiger partial charge in [-0.15, -0.1) is 0 Å². The molecule has 3 rings (SSSR count). The van der Waals surface area contributed by atoms with E-state index in [2.05, 4.69) is 9.97 Å². The normalized spacial score (nSPS) is 16.9. The van der Waals surface area contributed by atoms with E-state index in [4.69, 9.17) is 9.47 Å². The number of carbonyl (C=O) groups is 1. The second-order valence-electron chi connectivity index (χ2n) is 5.85. The van der Waals surface area contributed by atoms with Gasteiger partial charge in [-0.3, -0.25) is 4.79 Å². The lowest BCUT2D eigenvalue weighted by atomic mass is 10.1. The van der Waals surface area contributed by atoms with E-state index in [1.54, 1.807) is 37.6 Å². The predicted molar refractivity (Wildman–Crippen MR) is 89.2 cm³/mol. The van der Waals surface area contributed by atoms with Gasteiger partial charge in [0, 0.05) is 30.9 Å². The molecule has 1 atom stereocenters. The first-order chi connectivity index (χ1) is 11.7. The van der Waals surface area contributed by atoms with Gasteiger partial charge in [-0.2, -0.15) is 0 Å². The zero-order valence-corrected chi connectivity index (χ0v) is 13.9. The van der Waals surface area contributed by atoms with E-state index in [1.165, 1.54) is 0 Å². The molecular formula is C18H21N3O3. The van der Waals surface area contributed by atoms with Crippen molar-refractivity contribution in [3.05, 3.63) is 48.0 Å². The van der Waals surface area contributed by atoms with Crippen molar-refractivity contribution < 1.29 is 14.3 Å². The number of methoxy groups -OCH3 is 1. The average Bonchev–Trinajstić information content (AvgIpc) is 3.10. The van der Waals surface area contributed by atoms with Crippen LogP contribution in [0.4, 0.5) is 0 Å². The molecule has 2 heterocycles. The summed E-state index contributed by atoms with van der Waals surface area (Å²) in [5, 5.41) is 0. The highest BCUT2D eigenvalue weighted by molar-refractivity contribution is 5.78. The fourth-order valence-electron chi connectivity index (χ4n) is 2.77. The molecule has 0 bridgehead atoms. The number of ether oxygens (including phenoxy) is 2. The minimum Gasteiger partial charge on any atom is -0.497 e. The Morgan fingerprint density at radius 2 is 2.00 bits per heavy atom. The topological polar surface area (TPSA) is 64.6 Å². The lowest BCUT2D eigenvalue weighted by molar-refractivity contribution is -0.132. The number of likely N-dealkylation sites (tertiary alicyclic amines) is 1. The Morgan fingerprint density at radius 3 is 2.71 bits per heavy atom. The van der Waals surface area contributed by atoms with Crippen LogP contribution in [0.15, 0.2) is 36.5 Å². The Bertz CT molecular complexity index is 703. The van der Waals surface area contributed by atoms with E-state index in [1.807, 2.05) is 17.9 Å². The molecule has 1 unspecified atom stereocenters. The van der Waals surface area contributed by atoms with Gasteiger partial charge in [0.2, 0.25) is 0 Å². The first kappa shape index (κ1) is 16.2. The van der Waals surface area contributed by atoms with Gasteiger partial charge in [-0.05, 0) is 43.7 Å². The minimum atomic E-state index is -0.0130. The summed E-state index contributed by atoms with van der Waals surface area (Å²) >= 11 is 0. The standard InChI is InChI=1S/C18H21N3O3/c1-13-7-9-19-18(20-13)14-8-10-21(11-14)17(22)12-24-16-5-3-15(23-2)4-6-16/h3-7,9,14H,8,10-12H2,1-2H3. The average molecular weight is 327 g/mol. The highest BCUT2D eigenvalue weighted by Gasteiger charge is 2.29. The summed E-state index contributed by atoms with van der Waals surface area (Å²) in [7, 11) is 1.61. The molecule has 126 valence electrons. The Morgan fingerprint density at radius 1 is 1.25 bits per heavy atom. The molecule has 0 N–H and O–H groups in total. The fourth-order valence-corrected chi connectivity index (χ4v) is 2.77. The highest BCUT2D eigenvalue weighted by Crippen LogP contribution is 2.25. The van der Waals surface area contributed by atoms with Crippen molar-refractivity contribution >= 4 is 5.91 Å². The Balaban J connectivity index is 1.52. The first-order valence-electron chi connectivity index (χ1n) is 8.00. The van der Waals surface area contributed by atoms with E-state index >= 15 is 0 Å². The van der Waals surface area contributed by atoms with E-state index in [0.29, 0.717) is 18.8 Å². The minimum absolute atomic E-state index is 0.0130. The summed E-state index contributed by atoms with van der Waals surface area (Å²) in [6, 6.07) is 9.07. The van der Waals surface area contributed by atoms with Crippen molar-refractivity contribution in [2.75, 3.05) is 26.8 Å². The number of hydrogen-bond donors (Lipinski definition) is 0. The van der Waals surface area contributed by atoms with Crippen molar-refractivity contribution in [3.8, 4) is 11.5 Å². The van der Waals surface area contributed by atoms with Crippen molar-refractivity contribution in [3.63, 3.8) is 0 Å². The van der Waals surface area contributed by atoms with Gasteiger partial charge in [0.05, 0.1) is 7.11 Å². The van der Waals surface area contributed by atoms with Crippen LogP contribution < -0.4 is 9.47 Å². The van der Waals surface area contributed by atoms with Crippen LogP contribution >= 0.6 is 0 Å². The lowest BCUT2D eigenvalue weighted by Gasteiger charge is -2.16. The molecule has 1 aromatic heterocycles. The fraction of sp³-hybridized carbons (Fsp3) is 0.389. The van der Waals surface area contributed by atoms with Crippen molar-refractivity contribution in [2.45, 2.75) is 19.3 Å². The second kappa shape index (κ2) is 7.29. The second-order valence-corrected chi connectivity index (χ2v) is 5.85. The molecule has 1 fully saturated rings. The maximum Gasteiger partial charge on any atom is 0.260 e. The summed E-state index contributed by atoms with van der Waals surface area (Å²) in [5.74, 6) is 2.42. The van der Waals surface area contributed by atoms with E-state index < -0.39 is 0 Å². The monoisotopic (exact) mass is 327 g/mol. The van der Waals surface area contributed by atoms with Crippen LogP contribution in [-0.2, 0) is 4.79 Å². The molecule has 0 radical (unpaired) electrons. The Hall–Kier alpha value is -2.63. The first-order valence-corrected chi connectivity index (χ1v) is 8.00. The predicted octanol–water partition coefficient (Wildman–Crippen LogP) is 2.19. The number of aryl methyl sites for hydroxylation is 1. The zero-order valence-electron chi connectivity index (χ0n) is 13.9. The van der Waals surface area contributed by atoms with Crippen LogP contribution in [-0.4, -0.2) is 47.6 Å². The highest BCUT2D eigenvalue weighted by atomic mass is 16.5. The van der Waals surface area contributed by atoms with Crippen LogP contribution in [0.1, 0.15) is 23.9 Å². The molecular weight excluding hydrogens is 306 g/mol. The maximum atomic E-state index is 12.3. The number of aromatic nitrogens is 2. The lowest BCUT2D eigenvalue weighted by Crippen LogP contribution is -2.33. The number of benzene rings is 1. The van der Waals surface area contributed by atoms with Crippen molar-refractivity contribution in [1.29, 1.82) is 0 Å². The third kappa shape index (κ3) is 3.82. The molecule has 0 saturated carbocycles. The van der Waals surface area contributed by atoms with Crippen LogP contribution in [0.3, 0.4) is 0 Å². The van der Waals surface area contributed by atoms with Gasteiger partial charge in [0.15, 0.2) is 6.61 Å². The summed E-state index contributed by atoms with van der Waals surface area (Å²) in [4.78, 5) is 22.9. The number of nitrogens with zero attached hydrogens (tertiary/aromatic N) is 3. The van der Waals surface area contributed by atoms with Crippen molar-refractivity contribution in [1.82, 2.24) is 14.9 Å². The quantitative estimate of drug-likeness (QED) is 0.842. The molecule has 6 heteroatoms. The van der Waals surface area contributed by atoms with Crippen molar-refractivity contribution in [2.24, 2.45) is 0 Å². The smallest absolute Gasteiger partial charge is 0.260 e. The van der Waals surface area contributed by atoms with Crippen LogP contribution in [0.25, 0.3) is 0 Å². The summed E-state index contributed by atoms with van der Waals surface area (Å²) in [6.45, 7) is 3.35. The number of carbonyl (C=O) groups excluding carboxylic acids is 1. The van der Waals surface area contributed by atoms with Crippen LogP contribution in [0, 0.1) is 6.92 Å². The number of hydrogen-bond acceptors (Lipinski definition) is 5. The summed E-state index contributed by atoms with van der Waals surface area (Å²) in [6.07, 6.45) is 2.66. The zero-order chi connectivity index (χ0) is 16.9. The van der Waals surface area contributed by atoms with Crippen LogP contribution in [0.5, 0.6) is 11.5 Å². The third-order valence-electron chi connectivity index (χ3n) is 4.14. The molecule has 0 spiro atoms. The van der Waals surface area contributed by atoms with Gasteiger partial charge in [-0.1, -0.05) is 0 Å². The van der Waals surface area contributed by atoms with Gasteiger partial charge in [0.25, 0.3) is 5.91 Å². The van der Waals surface area contributed by atoms with Gasteiger partial charge >= 0.3 is 0 Å². The molecule has 2 aromatic rings. The molecule has 1 aromatic carbocycles. The summed E-state index contributed by atoms with van der Waals surface area (Å²) < 4.78 is 10.7. The van der Waals surface area contributed by atoms with Gasteiger partial charge in [-0.25, -0.2) is 9.97 Å². The van der Waals surface area contributed by atoms with E-state index in [9.17, 15) is 4.79 Å². The SMILES string of the molecule is COc1ccc(OCC(=O)N2CCC(c3nccc(C)n3)C2)cc1. The van der Waals surface area contributed by atoms with E-state index in [0.717, 1.165) is 23.7 Å². The molecule has 1 aliphatic rings. The maximum absolute atomic E-state index is 12.3. The van der Waals surface area contributed by atoms with Crippen LogP contribution in [0.2, 0.25) is 0 Å². The molecule has 0 aliphatic carbocycles. The summed E-state index contributed by atoms with van der Waals surface area (Å²) in [5.41, 5.74) is 0.951. The number of amides is 1. The number of rotatable bonds is 5. The molecule has 1 aliphatic heterocycles. The van der Waals surface area contributed by atoms with Gasteiger partial charge < -0.3 is 14.4 Å². The van der Waals surface area contributed by atoms with E-state index in [-0.39, 0.29) is 18.4 Å². The molecule has 6 nitrogen and oxygen atoms in total.